The van der Waals surface area contributed by atoms with Crippen molar-refractivity contribution in [3.8, 4) is 0 Å². The lowest BCUT2D eigenvalue weighted by Gasteiger charge is -2.33. The Morgan fingerprint density at radius 2 is 2.12 bits per heavy atom. The van der Waals surface area contributed by atoms with Crippen LogP contribution in [-0.4, -0.2) is 42.1 Å². The molecule has 3 nitrogen and oxygen atoms in total. The van der Waals surface area contributed by atoms with Crippen molar-refractivity contribution in [3.63, 3.8) is 0 Å². The molecule has 1 aliphatic rings. The smallest absolute Gasteiger partial charge is 0.305 e. The first-order chi connectivity index (χ1) is 7.67. The number of ether oxygens (including phenoxy) is 1. The van der Waals surface area contributed by atoms with Crippen molar-refractivity contribution in [2.75, 3.05) is 26.0 Å². The molecule has 0 amide bonds. The van der Waals surface area contributed by atoms with Gasteiger partial charge in [0, 0.05) is 25.3 Å². The zero-order valence-corrected chi connectivity index (χ0v) is 11.2. The maximum absolute atomic E-state index is 11.2. The van der Waals surface area contributed by atoms with Crippen LogP contribution in [-0.2, 0) is 9.53 Å². The van der Waals surface area contributed by atoms with Crippen molar-refractivity contribution in [1.82, 2.24) is 4.31 Å². The molecule has 0 spiro atoms. The standard InChI is InChI=1S/C12H23NO2S/c1-4-9-16(3)13-7-5-11(6-8-13)10-12(14)15-2/h11H,3-10H2,1-2H3. The number of carbonyl (C=O) groups is 1. The van der Waals surface area contributed by atoms with Crippen LogP contribution < -0.4 is 0 Å². The molecular weight excluding hydrogens is 222 g/mol. The summed E-state index contributed by atoms with van der Waals surface area (Å²) >= 11 is 0. The average molecular weight is 245 g/mol. The number of piperidine rings is 1. The lowest BCUT2D eigenvalue weighted by atomic mass is 9.95. The minimum Gasteiger partial charge on any atom is -0.469 e. The molecule has 1 atom stereocenters. The van der Waals surface area contributed by atoms with E-state index < -0.39 is 0 Å². The van der Waals surface area contributed by atoms with E-state index in [-0.39, 0.29) is 16.6 Å². The predicted octanol–water partition coefficient (Wildman–Crippen LogP) is 2.29. The second-order valence-corrected chi connectivity index (χ2v) is 6.17. The third kappa shape index (κ3) is 4.26. The van der Waals surface area contributed by atoms with E-state index in [4.69, 9.17) is 4.74 Å². The van der Waals surface area contributed by atoms with Gasteiger partial charge in [-0.25, -0.2) is 0 Å². The van der Waals surface area contributed by atoms with Gasteiger partial charge in [0.2, 0.25) is 0 Å². The molecule has 0 aromatic heterocycles. The van der Waals surface area contributed by atoms with Crippen LogP contribution in [0, 0.1) is 5.92 Å². The van der Waals surface area contributed by atoms with Crippen LogP contribution in [0.4, 0.5) is 0 Å². The molecule has 1 rings (SSSR count). The molecule has 0 aromatic rings. The van der Waals surface area contributed by atoms with Crippen molar-refractivity contribution in [1.29, 1.82) is 0 Å². The molecule has 4 heteroatoms. The minimum absolute atomic E-state index is 0.0689. The zero-order valence-electron chi connectivity index (χ0n) is 10.4. The molecule has 16 heavy (non-hydrogen) atoms. The van der Waals surface area contributed by atoms with Gasteiger partial charge < -0.3 is 4.74 Å². The molecule has 94 valence electrons. The monoisotopic (exact) mass is 245 g/mol. The fourth-order valence-electron chi connectivity index (χ4n) is 2.06. The Kier molecular flexibility index (Phi) is 6.06. The van der Waals surface area contributed by atoms with E-state index in [1.54, 1.807) is 0 Å². The molecule has 0 N–H and O–H groups in total. The summed E-state index contributed by atoms with van der Waals surface area (Å²) in [7, 11) is 1.65. The quantitative estimate of drug-likeness (QED) is 0.550. The molecule has 1 aliphatic heterocycles. The van der Waals surface area contributed by atoms with Crippen LogP contribution in [0.15, 0.2) is 0 Å². The molecule has 0 aliphatic carbocycles. The Balaban J connectivity index is 2.28. The fraction of sp³-hybridized carbons (Fsp3) is 0.833. The highest BCUT2D eigenvalue weighted by atomic mass is 32.2. The van der Waals surface area contributed by atoms with Gasteiger partial charge in [0.25, 0.3) is 0 Å². The highest BCUT2D eigenvalue weighted by Crippen LogP contribution is 2.28. The highest BCUT2D eigenvalue weighted by Gasteiger charge is 2.22. The minimum atomic E-state index is -0.0689. The summed E-state index contributed by atoms with van der Waals surface area (Å²) in [5, 5.41) is 0. The Hall–Kier alpha value is -0.350. The number of hydrogen-bond donors (Lipinski definition) is 0. The van der Waals surface area contributed by atoms with E-state index in [2.05, 4.69) is 17.1 Å². The summed E-state index contributed by atoms with van der Waals surface area (Å²) in [6.45, 7) is 4.39. The van der Waals surface area contributed by atoms with E-state index in [0.717, 1.165) is 25.9 Å². The van der Waals surface area contributed by atoms with Gasteiger partial charge in [-0.05, 0) is 25.2 Å². The van der Waals surface area contributed by atoms with Crippen molar-refractivity contribution < 1.29 is 9.53 Å². The summed E-state index contributed by atoms with van der Waals surface area (Å²) in [4.78, 5) is 11.2. The van der Waals surface area contributed by atoms with Crippen LogP contribution in [0.5, 0.6) is 0 Å². The SMILES string of the molecule is C=S(CCC)N1CCC(CC(=O)OC)CC1. The van der Waals surface area contributed by atoms with Gasteiger partial charge in [-0.15, -0.1) is 10.7 Å². The van der Waals surface area contributed by atoms with Gasteiger partial charge in [0.1, 0.15) is 0 Å². The first-order valence-electron chi connectivity index (χ1n) is 5.99. The van der Waals surface area contributed by atoms with Crippen molar-refractivity contribution >= 4 is 22.5 Å². The lowest BCUT2D eigenvalue weighted by molar-refractivity contribution is -0.142. The molecule has 0 radical (unpaired) electrons. The fourth-order valence-corrected chi connectivity index (χ4v) is 3.51. The van der Waals surface area contributed by atoms with Crippen molar-refractivity contribution in [2.24, 2.45) is 5.92 Å². The normalized spacial score (nSPS) is 20.6. The summed E-state index contributed by atoms with van der Waals surface area (Å²) in [6.07, 6.45) is 4.01. The number of carbonyl (C=O) groups excluding carboxylic acids is 1. The lowest BCUT2D eigenvalue weighted by Crippen LogP contribution is -2.31. The summed E-state index contributed by atoms with van der Waals surface area (Å²) in [6, 6.07) is 0. The molecule has 0 bridgehead atoms. The van der Waals surface area contributed by atoms with E-state index in [0.29, 0.717) is 12.3 Å². The van der Waals surface area contributed by atoms with Crippen molar-refractivity contribution in [2.45, 2.75) is 32.6 Å². The second kappa shape index (κ2) is 7.07. The number of nitrogens with zero attached hydrogens (tertiary/aromatic N) is 1. The number of rotatable bonds is 5. The summed E-state index contributed by atoms with van der Waals surface area (Å²) < 4.78 is 7.17. The van der Waals surface area contributed by atoms with Crippen LogP contribution >= 0.6 is 10.7 Å². The third-order valence-corrected chi connectivity index (χ3v) is 5.04. The van der Waals surface area contributed by atoms with Crippen LogP contribution in [0.1, 0.15) is 32.6 Å². The Labute approximate surface area is 101 Å². The average Bonchev–Trinajstić information content (AvgIpc) is 2.30. The number of esters is 1. The molecular formula is C12H23NO2S. The number of hydrogen-bond acceptors (Lipinski definition) is 3. The largest absolute Gasteiger partial charge is 0.469 e. The van der Waals surface area contributed by atoms with Crippen LogP contribution in [0.25, 0.3) is 0 Å². The zero-order chi connectivity index (χ0) is 12.0. The van der Waals surface area contributed by atoms with E-state index in [9.17, 15) is 4.79 Å². The summed E-state index contributed by atoms with van der Waals surface area (Å²) in [5.74, 6) is 5.86. The van der Waals surface area contributed by atoms with Gasteiger partial charge in [0.05, 0.1) is 7.11 Å². The third-order valence-electron chi connectivity index (χ3n) is 3.06. The topological polar surface area (TPSA) is 29.5 Å². The van der Waals surface area contributed by atoms with Gasteiger partial charge in [-0.3, -0.25) is 9.10 Å². The van der Waals surface area contributed by atoms with Gasteiger partial charge in [0.15, 0.2) is 0 Å². The Morgan fingerprint density at radius 1 is 1.50 bits per heavy atom. The van der Waals surface area contributed by atoms with Crippen molar-refractivity contribution in [3.05, 3.63) is 0 Å². The maximum atomic E-state index is 11.2. The summed E-state index contributed by atoms with van der Waals surface area (Å²) in [5.41, 5.74) is 0. The predicted molar refractivity (Wildman–Crippen MR) is 70.8 cm³/mol. The second-order valence-electron chi connectivity index (χ2n) is 4.32. The molecule has 1 unspecified atom stereocenters. The van der Waals surface area contributed by atoms with E-state index in [1.165, 1.54) is 19.3 Å². The Morgan fingerprint density at radius 3 is 2.62 bits per heavy atom. The molecule has 1 saturated heterocycles. The van der Waals surface area contributed by atoms with E-state index >= 15 is 0 Å². The molecule has 0 saturated carbocycles. The number of methoxy groups -OCH3 is 1. The van der Waals surface area contributed by atoms with Crippen LogP contribution in [0.3, 0.4) is 0 Å². The first-order valence-corrected chi connectivity index (χ1v) is 7.51. The molecule has 0 aromatic carbocycles. The van der Waals surface area contributed by atoms with E-state index in [1.807, 2.05) is 0 Å². The van der Waals surface area contributed by atoms with Gasteiger partial charge in [-0.2, -0.15) is 0 Å². The highest BCUT2D eigenvalue weighted by molar-refractivity contribution is 8.12. The van der Waals surface area contributed by atoms with Gasteiger partial charge in [-0.1, -0.05) is 12.8 Å². The molecule has 1 fully saturated rings. The van der Waals surface area contributed by atoms with Gasteiger partial charge >= 0.3 is 5.97 Å². The maximum Gasteiger partial charge on any atom is 0.305 e. The van der Waals surface area contributed by atoms with Crippen LogP contribution in [0.2, 0.25) is 0 Å². The Bertz CT molecular complexity index is 247. The molecule has 1 heterocycles. The first kappa shape index (κ1) is 13.7.